The molecule has 0 saturated heterocycles. The van der Waals surface area contributed by atoms with E-state index < -0.39 is 11.3 Å². The van der Waals surface area contributed by atoms with E-state index in [1.54, 1.807) is 25.1 Å². The van der Waals surface area contributed by atoms with Crippen LogP contribution < -0.4 is 10.5 Å². The number of benzene rings is 1. The maximum Gasteiger partial charge on any atom is 0.260 e. The number of hydrogen-bond acceptors (Lipinski definition) is 2. The molecule has 0 aliphatic heterocycles. The molecule has 1 saturated carbocycles. The number of hydrogen-bond donors (Lipinski definition) is 1. The third-order valence-corrected chi connectivity index (χ3v) is 3.47. The Balaban J connectivity index is 2.49. The van der Waals surface area contributed by atoms with Crippen molar-refractivity contribution in [3.05, 3.63) is 29.3 Å². The van der Waals surface area contributed by atoms with E-state index in [2.05, 4.69) is 0 Å². The molecule has 16 heavy (non-hydrogen) atoms. The number of nitrogens with two attached hydrogens (primary N) is 1. The number of halogens is 2. The van der Waals surface area contributed by atoms with Gasteiger partial charge in [0.05, 0.1) is 12.5 Å². The summed E-state index contributed by atoms with van der Waals surface area (Å²) in [6.07, 6.45) is -0.162. The Hall–Kier alpha value is -1.16. The lowest BCUT2D eigenvalue weighted by Gasteiger charge is -2.18. The fourth-order valence-electron chi connectivity index (χ4n) is 2.31. The average Bonchev–Trinajstić information content (AvgIpc) is 2.82. The Kier molecular flexibility index (Phi) is 2.42. The van der Waals surface area contributed by atoms with Crippen molar-refractivity contribution >= 4 is 0 Å². The van der Waals surface area contributed by atoms with E-state index in [9.17, 15) is 8.78 Å². The predicted molar refractivity (Wildman–Crippen MR) is 58.0 cm³/mol. The minimum Gasteiger partial charge on any atom is -0.496 e. The van der Waals surface area contributed by atoms with Gasteiger partial charge in [0.2, 0.25) is 0 Å². The van der Waals surface area contributed by atoms with Crippen LogP contribution in [0.4, 0.5) is 8.78 Å². The van der Waals surface area contributed by atoms with E-state index in [0.717, 1.165) is 5.56 Å². The second-order valence-electron chi connectivity index (χ2n) is 4.30. The molecule has 1 unspecified atom stereocenters. The maximum absolute atomic E-state index is 13.4. The molecule has 1 fully saturated rings. The minimum absolute atomic E-state index is 0.0337. The van der Waals surface area contributed by atoms with Gasteiger partial charge in [-0.1, -0.05) is 12.1 Å². The second kappa shape index (κ2) is 3.42. The zero-order valence-corrected chi connectivity index (χ0v) is 9.39. The van der Waals surface area contributed by atoms with Gasteiger partial charge in [0, 0.05) is 13.0 Å². The van der Waals surface area contributed by atoms with Crippen LogP contribution in [0.15, 0.2) is 18.2 Å². The van der Waals surface area contributed by atoms with Crippen molar-refractivity contribution < 1.29 is 13.5 Å². The number of rotatable bonds is 3. The molecule has 1 aliphatic rings. The average molecular weight is 227 g/mol. The molecule has 1 aliphatic carbocycles. The first-order valence-electron chi connectivity index (χ1n) is 5.20. The van der Waals surface area contributed by atoms with Gasteiger partial charge in [0.25, 0.3) is 5.92 Å². The quantitative estimate of drug-likeness (QED) is 0.859. The van der Waals surface area contributed by atoms with Crippen LogP contribution in [0.25, 0.3) is 0 Å². The van der Waals surface area contributed by atoms with Gasteiger partial charge in [-0.05, 0) is 24.1 Å². The molecule has 2 N–H and O–H groups in total. The minimum atomic E-state index is -2.68. The topological polar surface area (TPSA) is 35.2 Å². The highest BCUT2D eigenvalue weighted by Gasteiger charge is 2.71. The molecule has 4 heteroatoms. The first kappa shape index (κ1) is 11.3. The maximum atomic E-state index is 13.4. The lowest BCUT2D eigenvalue weighted by atomic mass is 9.91. The summed E-state index contributed by atoms with van der Waals surface area (Å²) < 4.78 is 32.0. The van der Waals surface area contributed by atoms with Crippen molar-refractivity contribution in [2.75, 3.05) is 13.7 Å². The standard InChI is InChI=1S/C12H15F2NO/c1-8-9(4-3-5-10(8)16-2)11(7-15)6-12(11,13)14/h3-5H,6-7,15H2,1-2H3. The van der Waals surface area contributed by atoms with Crippen LogP contribution in [0.2, 0.25) is 0 Å². The molecule has 2 nitrogen and oxygen atoms in total. The van der Waals surface area contributed by atoms with Crippen molar-refractivity contribution in [1.29, 1.82) is 0 Å². The summed E-state index contributed by atoms with van der Waals surface area (Å²) >= 11 is 0. The monoisotopic (exact) mass is 227 g/mol. The first-order valence-corrected chi connectivity index (χ1v) is 5.20. The van der Waals surface area contributed by atoms with Crippen LogP contribution >= 0.6 is 0 Å². The summed E-state index contributed by atoms with van der Waals surface area (Å²) in [5.74, 6) is -2.05. The Morgan fingerprint density at radius 3 is 2.50 bits per heavy atom. The molecule has 1 atom stereocenters. The highest BCUT2D eigenvalue weighted by molar-refractivity contribution is 5.49. The lowest BCUT2D eigenvalue weighted by Crippen LogP contribution is -2.27. The van der Waals surface area contributed by atoms with Crippen LogP contribution in [-0.2, 0) is 5.41 Å². The molecule has 0 aromatic heterocycles. The van der Waals surface area contributed by atoms with Crippen LogP contribution in [0, 0.1) is 6.92 Å². The van der Waals surface area contributed by atoms with Crippen molar-refractivity contribution in [3.8, 4) is 5.75 Å². The second-order valence-corrected chi connectivity index (χ2v) is 4.30. The van der Waals surface area contributed by atoms with Crippen LogP contribution in [0.1, 0.15) is 17.5 Å². The van der Waals surface area contributed by atoms with Gasteiger partial charge in [-0.25, -0.2) is 8.78 Å². The van der Waals surface area contributed by atoms with Crippen LogP contribution in [-0.4, -0.2) is 19.6 Å². The van der Waals surface area contributed by atoms with Crippen molar-refractivity contribution in [1.82, 2.24) is 0 Å². The molecule has 0 spiro atoms. The summed E-state index contributed by atoms with van der Waals surface area (Å²) in [5, 5.41) is 0. The van der Waals surface area contributed by atoms with E-state index >= 15 is 0 Å². The summed E-state index contributed by atoms with van der Waals surface area (Å²) in [7, 11) is 1.53. The molecular weight excluding hydrogens is 212 g/mol. The summed E-state index contributed by atoms with van der Waals surface area (Å²) in [6.45, 7) is 1.76. The smallest absolute Gasteiger partial charge is 0.260 e. The van der Waals surface area contributed by atoms with Crippen molar-refractivity contribution in [2.45, 2.75) is 24.7 Å². The molecule has 1 aromatic rings. The van der Waals surface area contributed by atoms with Gasteiger partial charge in [-0.3, -0.25) is 0 Å². The molecule has 0 bridgehead atoms. The van der Waals surface area contributed by atoms with Crippen molar-refractivity contribution in [2.24, 2.45) is 5.73 Å². The molecule has 0 amide bonds. The summed E-state index contributed by atoms with van der Waals surface area (Å²) in [4.78, 5) is 0. The fraction of sp³-hybridized carbons (Fsp3) is 0.500. The predicted octanol–water partition coefficient (Wildman–Crippen LogP) is 2.24. The largest absolute Gasteiger partial charge is 0.496 e. The molecule has 88 valence electrons. The lowest BCUT2D eigenvalue weighted by molar-refractivity contribution is 0.0894. The fourth-order valence-corrected chi connectivity index (χ4v) is 2.31. The van der Waals surface area contributed by atoms with Gasteiger partial charge < -0.3 is 10.5 Å². The Morgan fingerprint density at radius 1 is 1.44 bits per heavy atom. The first-order chi connectivity index (χ1) is 7.48. The van der Waals surface area contributed by atoms with Crippen molar-refractivity contribution in [3.63, 3.8) is 0 Å². The molecule has 0 heterocycles. The van der Waals surface area contributed by atoms with Gasteiger partial charge >= 0.3 is 0 Å². The van der Waals surface area contributed by atoms with Crippen LogP contribution in [0.5, 0.6) is 5.75 Å². The summed E-state index contributed by atoms with van der Waals surface area (Å²) in [5.41, 5.74) is 5.71. The summed E-state index contributed by atoms with van der Waals surface area (Å²) in [6, 6.07) is 5.21. The van der Waals surface area contributed by atoms with E-state index in [1.165, 1.54) is 7.11 Å². The Bertz CT molecular complexity index is 419. The number of methoxy groups -OCH3 is 1. The van der Waals surface area contributed by atoms with E-state index in [4.69, 9.17) is 10.5 Å². The molecule has 0 radical (unpaired) electrons. The number of ether oxygens (including phenoxy) is 1. The highest BCUT2D eigenvalue weighted by atomic mass is 19.3. The van der Waals surface area contributed by atoms with Gasteiger partial charge in [-0.15, -0.1) is 0 Å². The molecule has 1 aromatic carbocycles. The van der Waals surface area contributed by atoms with Gasteiger partial charge in [-0.2, -0.15) is 0 Å². The molecule has 2 rings (SSSR count). The Morgan fingerprint density at radius 2 is 2.06 bits per heavy atom. The Labute approximate surface area is 93.4 Å². The van der Waals surface area contributed by atoms with Gasteiger partial charge in [0.15, 0.2) is 0 Å². The zero-order chi connectivity index (χ0) is 12.0. The van der Waals surface area contributed by atoms with E-state index in [-0.39, 0.29) is 13.0 Å². The van der Waals surface area contributed by atoms with Crippen LogP contribution in [0.3, 0.4) is 0 Å². The number of alkyl halides is 2. The zero-order valence-electron chi connectivity index (χ0n) is 9.39. The SMILES string of the molecule is COc1cccc(C2(CN)CC2(F)F)c1C. The normalized spacial score (nSPS) is 26.6. The van der Waals surface area contributed by atoms with Gasteiger partial charge in [0.1, 0.15) is 5.75 Å². The molecular formula is C12H15F2NO. The van der Waals surface area contributed by atoms with E-state index in [1.807, 2.05) is 0 Å². The highest BCUT2D eigenvalue weighted by Crippen LogP contribution is 2.61. The third kappa shape index (κ3) is 1.33. The third-order valence-electron chi connectivity index (χ3n) is 3.47. The van der Waals surface area contributed by atoms with E-state index in [0.29, 0.717) is 11.3 Å².